The van der Waals surface area contributed by atoms with Gasteiger partial charge >= 0.3 is 5.97 Å². The number of nitrogens with two attached hydrogens (primary N) is 1. The first-order valence-electron chi connectivity index (χ1n) is 15.9. The molecule has 0 amide bonds. The smallest absolute Gasteiger partial charge is 0.334 e. The highest BCUT2D eigenvalue weighted by molar-refractivity contribution is 5.92. The van der Waals surface area contributed by atoms with Crippen molar-refractivity contribution in [2.45, 2.75) is 63.6 Å². The highest BCUT2D eigenvalue weighted by Gasteiger charge is 2.75. The second kappa shape index (κ2) is 11.2. The first-order chi connectivity index (χ1) is 20.2. The van der Waals surface area contributed by atoms with Crippen molar-refractivity contribution < 1.29 is 24.9 Å². The summed E-state index contributed by atoms with van der Waals surface area (Å²) in [6.45, 7) is 4.06. The van der Waals surface area contributed by atoms with Gasteiger partial charge in [-0.2, -0.15) is 0 Å². The van der Waals surface area contributed by atoms with Gasteiger partial charge in [0.25, 0.3) is 0 Å². The number of allylic oxidation sites excluding steroid dienone is 4. The van der Waals surface area contributed by atoms with E-state index in [4.69, 9.17) is 10.5 Å². The molecule has 1 heterocycles. The average molecular weight is 581 g/mol. The molecule has 3 fully saturated rings. The standard InChI is InChI=1S/C33H48N4O5/c1-21-10-11-23-16-26-28(29(39)40)31(41,20-42-27-9-5-7-22-6-3-4-8-25(22)27)18-32(21,26)33(23)19-37(30(34)35-2)14-12-24(33)17-36-13-15-38/h3-4,6,8,12,14,21-25,27,36,38,41H,5,7,9-11,13,15-20H2,1-2H3,(H2,34,35)(H,39,40). The first-order valence-corrected chi connectivity index (χ1v) is 15.9. The van der Waals surface area contributed by atoms with Crippen molar-refractivity contribution in [3.8, 4) is 0 Å². The maximum Gasteiger partial charge on any atom is 0.334 e. The Hall–Kier alpha value is -2.46. The largest absolute Gasteiger partial charge is 0.478 e. The molecular weight excluding hydrogens is 532 g/mol. The molecule has 42 heavy (non-hydrogen) atoms. The molecule has 0 saturated heterocycles. The third kappa shape index (κ3) is 4.33. The molecule has 5 aliphatic carbocycles. The van der Waals surface area contributed by atoms with Crippen molar-refractivity contribution in [3.63, 3.8) is 0 Å². The van der Waals surface area contributed by atoms with E-state index in [0.29, 0.717) is 44.4 Å². The number of carboxylic acid groups (broad SMARTS) is 1. The molecular formula is C33H48N4O5. The molecule has 0 aromatic carbocycles. The fourth-order valence-electron chi connectivity index (χ4n) is 10.3. The Morgan fingerprint density at radius 1 is 1.21 bits per heavy atom. The van der Waals surface area contributed by atoms with Gasteiger partial charge in [0.2, 0.25) is 0 Å². The molecule has 9 heteroatoms. The van der Waals surface area contributed by atoms with Gasteiger partial charge in [0, 0.05) is 49.6 Å². The molecule has 2 bridgehead atoms. The fourth-order valence-corrected chi connectivity index (χ4v) is 10.3. The molecule has 6 N–H and O–H groups in total. The lowest BCUT2D eigenvalue weighted by Crippen LogP contribution is -2.62. The molecule has 230 valence electrons. The minimum atomic E-state index is -1.58. The minimum Gasteiger partial charge on any atom is -0.478 e. The number of hydrogen-bond acceptors (Lipinski definition) is 6. The van der Waals surface area contributed by atoms with Crippen molar-refractivity contribution in [1.82, 2.24) is 10.2 Å². The second-order valence-electron chi connectivity index (χ2n) is 13.6. The zero-order chi connectivity index (χ0) is 29.7. The van der Waals surface area contributed by atoms with Crippen molar-refractivity contribution >= 4 is 11.9 Å². The highest BCUT2D eigenvalue weighted by atomic mass is 16.5. The monoisotopic (exact) mass is 580 g/mol. The van der Waals surface area contributed by atoms with Crippen LogP contribution in [0.25, 0.3) is 0 Å². The summed E-state index contributed by atoms with van der Waals surface area (Å²) in [6, 6.07) is 0. The van der Waals surface area contributed by atoms with E-state index in [9.17, 15) is 20.1 Å². The Bertz CT molecular complexity index is 1230. The Labute approximate surface area is 249 Å². The summed E-state index contributed by atoms with van der Waals surface area (Å²) in [5.41, 5.74) is 5.03. The van der Waals surface area contributed by atoms with Crippen LogP contribution in [0.3, 0.4) is 0 Å². The minimum absolute atomic E-state index is 0.00959. The Morgan fingerprint density at radius 2 is 2.02 bits per heavy atom. The van der Waals surface area contributed by atoms with Gasteiger partial charge in [-0.1, -0.05) is 43.7 Å². The van der Waals surface area contributed by atoms with Crippen molar-refractivity contribution in [2.24, 2.45) is 51.1 Å². The maximum atomic E-state index is 13.1. The Kier molecular flexibility index (Phi) is 7.92. The van der Waals surface area contributed by atoms with Crippen molar-refractivity contribution in [1.29, 1.82) is 0 Å². The molecule has 9 nitrogen and oxygen atoms in total. The number of carbonyl (C=O) groups is 1. The highest BCUT2D eigenvalue weighted by Crippen LogP contribution is 2.77. The number of nitrogens with zero attached hydrogens (tertiary/aromatic N) is 2. The summed E-state index contributed by atoms with van der Waals surface area (Å²) in [5.74, 6) is 0.593. The molecule has 6 aliphatic rings. The van der Waals surface area contributed by atoms with E-state index < -0.39 is 17.0 Å². The van der Waals surface area contributed by atoms with Gasteiger partial charge in [-0.25, -0.2) is 4.79 Å². The number of nitrogens with one attached hydrogen (secondary N) is 1. The first kappa shape index (κ1) is 29.6. The Balaban J connectivity index is 1.40. The third-order valence-corrected chi connectivity index (χ3v) is 11.9. The maximum absolute atomic E-state index is 13.1. The quantitative estimate of drug-likeness (QED) is 0.168. The van der Waals surface area contributed by atoms with Crippen LogP contribution in [0.4, 0.5) is 0 Å². The van der Waals surface area contributed by atoms with Crippen LogP contribution in [0.2, 0.25) is 0 Å². The van der Waals surface area contributed by atoms with Gasteiger partial charge in [-0.3, -0.25) is 4.99 Å². The third-order valence-electron chi connectivity index (χ3n) is 11.9. The van der Waals surface area contributed by atoms with E-state index >= 15 is 0 Å². The summed E-state index contributed by atoms with van der Waals surface area (Å²) in [5, 5.41) is 36.2. The number of guanidine groups is 1. The van der Waals surface area contributed by atoms with Gasteiger partial charge in [0.05, 0.1) is 24.9 Å². The number of hydrogen-bond donors (Lipinski definition) is 5. The number of aliphatic carboxylic acids is 1. The molecule has 0 aromatic heterocycles. The van der Waals surface area contributed by atoms with E-state index in [0.717, 1.165) is 37.7 Å². The van der Waals surface area contributed by atoms with E-state index in [1.54, 1.807) is 7.05 Å². The van der Waals surface area contributed by atoms with E-state index in [1.807, 2.05) is 11.1 Å². The van der Waals surface area contributed by atoms with Crippen LogP contribution < -0.4 is 11.1 Å². The number of aliphatic imine (C=N–C) groups is 1. The van der Waals surface area contributed by atoms with E-state index in [2.05, 4.69) is 47.6 Å². The van der Waals surface area contributed by atoms with Crippen molar-refractivity contribution in [2.75, 3.05) is 39.9 Å². The SMILES string of the molecule is CN=C(N)N1C=CC(CNCCO)C2(C1)C1CCC(C)C23CC(O)(COC2CCCC4C=CC=CC42)C(C(=O)O)=C3C1. The Morgan fingerprint density at radius 3 is 2.79 bits per heavy atom. The van der Waals surface area contributed by atoms with Gasteiger partial charge < -0.3 is 36.0 Å². The van der Waals surface area contributed by atoms with Gasteiger partial charge in [-0.15, -0.1) is 0 Å². The average Bonchev–Trinajstić information content (AvgIpc) is 3.34. The second-order valence-corrected chi connectivity index (χ2v) is 13.6. The predicted octanol–water partition coefficient (Wildman–Crippen LogP) is 2.82. The summed E-state index contributed by atoms with van der Waals surface area (Å²) < 4.78 is 6.58. The van der Waals surface area contributed by atoms with Crippen LogP contribution >= 0.6 is 0 Å². The lowest BCUT2D eigenvalue weighted by atomic mass is 9.46. The topological polar surface area (TPSA) is 141 Å². The molecule has 2 spiro atoms. The molecule has 0 radical (unpaired) electrons. The molecule has 6 rings (SSSR count). The molecule has 0 aromatic rings. The summed E-state index contributed by atoms with van der Waals surface area (Å²) in [7, 11) is 1.69. The van der Waals surface area contributed by atoms with E-state index in [1.165, 1.54) is 0 Å². The number of aliphatic hydroxyl groups excluding tert-OH is 1. The van der Waals surface area contributed by atoms with Crippen LogP contribution in [0, 0.1) is 40.4 Å². The lowest BCUT2D eigenvalue weighted by Gasteiger charge is -2.61. The van der Waals surface area contributed by atoms with Crippen LogP contribution in [0.5, 0.6) is 0 Å². The lowest BCUT2D eigenvalue weighted by molar-refractivity contribution is -0.144. The fraction of sp³-hybridized carbons (Fsp3) is 0.697. The van der Waals surface area contributed by atoms with Crippen LogP contribution in [0.1, 0.15) is 51.9 Å². The van der Waals surface area contributed by atoms with Gasteiger partial charge in [0.1, 0.15) is 5.60 Å². The number of aliphatic hydroxyl groups is 2. The zero-order valence-electron chi connectivity index (χ0n) is 25.0. The molecule has 9 atom stereocenters. The number of ether oxygens (including phenoxy) is 1. The summed E-state index contributed by atoms with van der Waals surface area (Å²) in [4.78, 5) is 19.4. The van der Waals surface area contributed by atoms with Gasteiger partial charge in [0.15, 0.2) is 5.96 Å². The van der Waals surface area contributed by atoms with Crippen LogP contribution in [0.15, 0.2) is 52.7 Å². The molecule has 9 unspecified atom stereocenters. The molecule has 3 saturated carbocycles. The van der Waals surface area contributed by atoms with E-state index in [-0.39, 0.29) is 54.0 Å². The number of fused-ring (bicyclic) bond motifs is 1. The van der Waals surface area contributed by atoms with Crippen molar-refractivity contribution in [3.05, 3.63) is 47.7 Å². The van der Waals surface area contributed by atoms with Gasteiger partial charge in [-0.05, 0) is 67.8 Å². The normalized spacial score (nSPS) is 42.4. The summed E-state index contributed by atoms with van der Waals surface area (Å²) >= 11 is 0. The predicted molar refractivity (Wildman–Crippen MR) is 161 cm³/mol. The van der Waals surface area contributed by atoms with Crippen LogP contribution in [-0.2, 0) is 9.53 Å². The zero-order valence-corrected chi connectivity index (χ0v) is 25.0. The molecule has 1 aliphatic heterocycles. The van der Waals surface area contributed by atoms with Crippen LogP contribution in [-0.4, -0.2) is 83.7 Å². The summed E-state index contributed by atoms with van der Waals surface area (Å²) in [6.07, 6.45) is 18.9. The number of carboxylic acids is 1. The number of rotatable bonds is 8.